The molecule has 7 nitrogen and oxygen atoms in total. The largest absolute Gasteiger partial charge is 0.339 e. The first kappa shape index (κ1) is 20.8. The Balaban J connectivity index is 1.74. The molecule has 0 atom stereocenters. The van der Waals surface area contributed by atoms with Gasteiger partial charge in [0.05, 0.1) is 22.6 Å². The average Bonchev–Trinajstić information content (AvgIpc) is 3.00. The Bertz CT molecular complexity index is 933. The highest BCUT2D eigenvalue weighted by Crippen LogP contribution is 2.21. The van der Waals surface area contributed by atoms with Crippen molar-refractivity contribution in [3.8, 4) is 5.69 Å². The molecule has 7 heteroatoms. The summed E-state index contributed by atoms with van der Waals surface area (Å²) in [5, 5.41) is 4.46. The molecule has 2 amide bonds. The zero-order valence-electron chi connectivity index (χ0n) is 17.7. The summed E-state index contributed by atoms with van der Waals surface area (Å²) in [6.45, 7) is 10.8. The van der Waals surface area contributed by atoms with Gasteiger partial charge in [0.15, 0.2) is 0 Å². The Labute approximate surface area is 171 Å². The van der Waals surface area contributed by atoms with E-state index in [2.05, 4.69) is 5.10 Å². The number of hydrogen-bond acceptors (Lipinski definition) is 4. The van der Waals surface area contributed by atoms with Crippen LogP contribution in [0.25, 0.3) is 5.69 Å². The summed E-state index contributed by atoms with van der Waals surface area (Å²) < 4.78 is 1.69. The summed E-state index contributed by atoms with van der Waals surface area (Å²) in [5.41, 5.74) is 1.92. The van der Waals surface area contributed by atoms with Crippen LogP contribution < -0.4 is 0 Å². The Hall–Kier alpha value is -2.96. The molecule has 0 bridgehead atoms. The van der Waals surface area contributed by atoms with Gasteiger partial charge >= 0.3 is 0 Å². The topological polar surface area (TPSA) is 75.5 Å². The molecule has 3 rings (SSSR count). The van der Waals surface area contributed by atoms with Gasteiger partial charge in [0.1, 0.15) is 0 Å². The van der Waals surface area contributed by atoms with Gasteiger partial charge in [0, 0.05) is 31.6 Å². The third-order valence-corrected chi connectivity index (χ3v) is 5.21. The molecule has 1 saturated heterocycles. The smallest absolute Gasteiger partial charge is 0.295 e. The molecule has 154 valence electrons. The molecule has 1 fully saturated rings. The van der Waals surface area contributed by atoms with Gasteiger partial charge in [-0.25, -0.2) is 4.68 Å². The van der Waals surface area contributed by atoms with E-state index >= 15 is 0 Å². The molecule has 1 aromatic carbocycles. The number of carbonyl (C=O) groups is 3. The molecule has 0 saturated carbocycles. The van der Waals surface area contributed by atoms with Crippen LogP contribution in [0, 0.1) is 19.3 Å². The molecule has 2 heterocycles. The van der Waals surface area contributed by atoms with Crippen molar-refractivity contribution in [1.29, 1.82) is 0 Å². The minimum atomic E-state index is -0.544. The van der Waals surface area contributed by atoms with Crippen molar-refractivity contribution in [1.82, 2.24) is 19.6 Å². The molecule has 2 aromatic rings. The predicted molar refractivity (Wildman–Crippen MR) is 110 cm³/mol. The Morgan fingerprint density at radius 2 is 1.45 bits per heavy atom. The van der Waals surface area contributed by atoms with Gasteiger partial charge in [-0.2, -0.15) is 5.10 Å². The molecule has 0 radical (unpaired) electrons. The zero-order valence-corrected chi connectivity index (χ0v) is 17.7. The van der Waals surface area contributed by atoms with E-state index in [1.54, 1.807) is 23.4 Å². The molecule has 0 spiro atoms. The number of nitrogens with zero attached hydrogens (tertiary/aromatic N) is 4. The molecular weight excluding hydrogens is 368 g/mol. The maximum absolute atomic E-state index is 13.0. The minimum absolute atomic E-state index is 0.0618. The van der Waals surface area contributed by atoms with Gasteiger partial charge in [-0.3, -0.25) is 14.4 Å². The van der Waals surface area contributed by atoms with Crippen molar-refractivity contribution < 1.29 is 14.4 Å². The number of aryl methyl sites for hydroxylation is 1. The monoisotopic (exact) mass is 396 g/mol. The van der Waals surface area contributed by atoms with E-state index in [0.29, 0.717) is 43.1 Å². The van der Waals surface area contributed by atoms with Crippen LogP contribution in [-0.2, 0) is 9.59 Å². The summed E-state index contributed by atoms with van der Waals surface area (Å²) in [6.07, 6.45) is 0. The first-order chi connectivity index (χ1) is 13.6. The van der Waals surface area contributed by atoms with Crippen LogP contribution in [0.15, 0.2) is 30.3 Å². The number of amides is 2. The average molecular weight is 396 g/mol. The summed E-state index contributed by atoms with van der Waals surface area (Å²) >= 11 is 0. The number of hydrogen-bond donors (Lipinski definition) is 0. The van der Waals surface area contributed by atoms with Crippen molar-refractivity contribution in [3.63, 3.8) is 0 Å². The first-order valence-electron chi connectivity index (χ1n) is 9.86. The van der Waals surface area contributed by atoms with Gasteiger partial charge in [-0.15, -0.1) is 0 Å². The molecule has 0 unspecified atom stereocenters. The molecule has 1 aromatic heterocycles. The highest BCUT2D eigenvalue weighted by Gasteiger charge is 2.34. The summed E-state index contributed by atoms with van der Waals surface area (Å²) in [4.78, 5) is 41.6. The number of benzene rings is 1. The van der Waals surface area contributed by atoms with Gasteiger partial charge in [-0.1, -0.05) is 39.0 Å². The van der Waals surface area contributed by atoms with Crippen molar-refractivity contribution in [3.05, 3.63) is 47.3 Å². The second-order valence-electron chi connectivity index (χ2n) is 8.46. The van der Waals surface area contributed by atoms with E-state index in [1.807, 2.05) is 51.1 Å². The highest BCUT2D eigenvalue weighted by atomic mass is 16.2. The normalized spacial score (nSPS) is 14.8. The summed E-state index contributed by atoms with van der Waals surface area (Å²) in [5.74, 6) is -1.02. The summed E-state index contributed by atoms with van der Waals surface area (Å²) in [7, 11) is 0. The maximum Gasteiger partial charge on any atom is 0.295 e. The van der Waals surface area contributed by atoms with Gasteiger partial charge in [-0.05, 0) is 26.0 Å². The van der Waals surface area contributed by atoms with E-state index < -0.39 is 17.1 Å². The molecule has 0 N–H and O–H groups in total. The van der Waals surface area contributed by atoms with Gasteiger partial charge < -0.3 is 9.80 Å². The molecule has 0 aliphatic carbocycles. The second kappa shape index (κ2) is 7.81. The minimum Gasteiger partial charge on any atom is -0.339 e. The standard InChI is InChI=1S/C22H28N4O3/c1-15-18(16(2)26(23-15)17-9-7-6-8-10-17)19(27)20(28)24-11-13-25(14-12-24)21(29)22(3,4)5/h6-10H,11-14H2,1-5H3. The van der Waals surface area contributed by atoms with Crippen molar-refractivity contribution in [2.45, 2.75) is 34.6 Å². The first-order valence-corrected chi connectivity index (χ1v) is 9.86. The summed E-state index contributed by atoms with van der Waals surface area (Å²) in [6, 6.07) is 9.52. The third kappa shape index (κ3) is 4.09. The van der Waals surface area contributed by atoms with E-state index in [1.165, 1.54) is 4.90 Å². The molecule has 1 aliphatic heterocycles. The van der Waals surface area contributed by atoms with E-state index in [-0.39, 0.29) is 5.91 Å². The third-order valence-electron chi connectivity index (χ3n) is 5.21. The maximum atomic E-state index is 13.0. The highest BCUT2D eigenvalue weighted by molar-refractivity contribution is 6.43. The Kier molecular flexibility index (Phi) is 5.59. The van der Waals surface area contributed by atoms with E-state index in [4.69, 9.17) is 0 Å². The van der Waals surface area contributed by atoms with Crippen molar-refractivity contribution in [2.24, 2.45) is 5.41 Å². The number of piperazine rings is 1. The predicted octanol–water partition coefficient (Wildman–Crippen LogP) is 2.39. The number of para-hydroxylation sites is 1. The van der Waals surface area contributed by atoms with Gasteiger partial charge in [0.25, 0.3) is 11.7 Å². The lowest BCUT2D eigenvalue weighted by molar-refractivity contribution is -0.143. The lowest BCUT2D eigenvalue weighted by Crippen LogP contribution is -2.54. The van der Waals surface area contributed by atoms with E-state index in [0.717, 1.165) is 5.69 Å². The zero-order chi connectivity index (χ0) is 21.3. The number of aromatic nitrogens is 2. The number of carbonyl (C=O) groups excluding carboxylic acids is 3. The van der Waals surface area contributed by atoms with E-state index in [9.17, 15) is 14.4 Å². The fraction of sp³-hybridized carbons (Fsp3) is 0.455. The lowest BCUT2D eigenvalue weighted by Gasteiger charge is -2.37. The van der Waals surface area contributed by atoms with Crippen LogP contribution in [0.4, 0.5) is 0 Å². The quantitative estimate of drug-likeness (QED) is 0.590. The second-order valence-corrected chi connectivity index (χ2v) is 8.46. The van der Waals surface area contributed by atoms with Crippen molar-refractivity contribution >= 4 is 17.6 Å². The Morgan fingerprint density at radius 1 is 0.897 bits per heavy atom. The number of Topliss-reactive ketones (excluding diaryl/α,β-unsaturated/α-hetero) is 1. The number of ketones is 1. The SMILES string of the molecule is Cc1nn(-c2ccccc2)c(C)c1C(=O)C(=O)N1CCN(C(=O)C(C)(C)C)CC1. The molecular formula is C22H28N4O3. The number of rotatable bonds is 3. The van der Waals surface area contributed by atoms with Crippen LogP contribution >= 0.6 is 0 Å². The Morgan fingerprint density at radius 3 is 2.00 bits per heavy atom. The fourth-order valence-electron chi connectivity index (χ4n) is 3.63. The van der Waals surface area contributed by atoms with Crippen LogP contribution in [-0.4, -0.2) is 63.4 Å². The fourth-order valence-corrected chi connectivity index (χ4v) is 3.63. The van der Waals surface area contributed by atoms with Crippen molar-refractivity contribution in [2.75, 3.05) is 26.2 Å². The van der Waals surface area contributed by atoms with Crippen LogP contribution in [0.2, 0.25) is 0 Å². The molecule has 29 heavy (non-hydrogen) atoms. The van der Waals surface area contributed by atoms with Crippen LogP contribution in [0.1, 0.15) is 42.5 Å². The van der Waals surface area contributed by atoms with Gasteiger partial charge in [0.2, 0.25) is 5.91 Å². The molecule has 1 aliphatic rings. The van der Waals surface area contributed by atoms with Crippen LogP contribution in [0.3, 0.4) is 0 Å². The lowest BCUT2D eigenvalue weighted by atomic mass is 9.94. The van der Waals surface area contributed by atoms with Crippen LogP contribution in [0.5, 0.6) is 0 Å².